The van der Waals surface area contributed by atoms with E-state index in [9.17, 15) is 8.42 Å². The molecule has 4 rings (SSSR count). The van der Waals surface area contributed by atoms with Gasteiger partial charge in [-0.3, -0.25) is 4.98 Å². The molecule has 0 atom stereocenters. The summed E-state index contributed by atoms with van der Waals surface area (Å²) < 4.78 is 25.6. The van der Waals surface area contributed by atoms with Crippen molar-refractivity contribution in [2.24, 2.45) is 0 Å². The van der Waals surface area contributed by atoms with Crippen LogP contribution in [0, 0.1) is 0 Å². The van der Waals surface area contributed by atoms with E-state index in [1.54, 1.807) is 12.1 Å². The second-order valence-electron chi connectivity index (χ2n) is 5.96. The number of rotatable bonds is 2. The number of nitrogens with one attached hydrogen (secondary N) is 1. The third-order valence-electron chi connectivity index (χ3n) is 4.41. The van der Waals surface area contributed by atoms with E-state index in [-0.39, 0.29) is 29.7 Å². The Morgan fingerprint density at radius 2 is 1.80 bits per heavy atom. The highest BCUT2D eigenvalue weighted by atomic mass is 35.5. The molecule has 0 unspecified atom stereocenters. The fourth-order valence-electron chi connectivity index (χ4n) is 3.15. The molecule has 25 heavy (non-hydrogen) atoms. The lowest BCUT2D eigenvalue weighted by atomic mass is 10.1. The second kappa shape index (κ2) is 7.33. The quantitative estimate of drug-likeness (QED) is 0.718. The van der Waals surface area contributed by atoms with Crippen LogP contribution in [-0.4, -0.2) is 36.9 Å². The van der Waals surface area contributed by atoms with Crippen molar-refractivity contribution in [2.75, 3.05) is 13.6 Å². The predicted molar refractivity (Wildman–Crippen MR) is 103 cm³/mol. The summed E-state index contributed by atoms with van der Waals surface area (Å²) in [7, 11) is -1.43. The van der Waals surface area contributed by atoms with Crippen LogP contribution in [-0.2, 0) is 22.8 Å². The lowest BCUT2D eigenvalue weighted by molar-refractivity contribution is 0.313. The van der Waals surface area contributed by atoms with Crippen molar-refractivity contribution in [3.05, 3.63) is 54.0 Å². The lowest BCUT2D eigenvalue weighted by Crippen LogP contribution is -2.26. The molecule has 3 aromatic rings. The van der Waals surface area contributed by atoms with Gasteiger partial charge in [-0.25, -0.2) is 8.42 Å². The third-order valence-corrected chi connectivity index (χ3v) is 6.18. The van der Waals surface area contributed by atoms with Gasteiger partial charge in [0.25, 0.3) is 0 Å². The van der Waals surface area contributed by atoms with Gasteiger partial charge in [-0.05, 0) is 42.9 Å². The van der Waals surface area contributed by atoms with Crippen LogP contribution in [0.25, 0.3) is 10.9 Å². The molecule has 3 heterocycles. The summed E-state index contributed by atoms with van der Waals surface area (Å²) in [4.78, 5) is 10.2. The molecule has 1 aliphatic rings. The van der Waals surface area contributed by atoms with Crippen LogP contribution in [0.5, 0.6) is 0 Å². The molecule has 1 N–H and O–H groups in total. The van der Waals surface area contributed by atoms with Gasteiger partial charge in [0.2, 0.25) is 9.84 Å². The molecule has 0 fully saturated rings. The number of likely N-dealkylation sites (N-methyl/N-ethyl adjacent to an activating group) is 1. The van der Waals surface area contributed by atoms with E-state index in [0.29, 0.717) is 4.90 Å². The number of nitrogens with zero attached hydrogens (tertiary/aromatic N) is 2. The van der Waals surface area contributed by atoms with Gasteiger partial charge in [-0.1, -0.05) is 0 Å². The van der Waals surface area contributed by atoms with Gasteiger partial charge in [0.15, 0.2) is 0 Å². The summed E-state index contributed by atoms with van der Waals surface area (Å²) in [5.74, 6) is 0. The zero-order valence-electron chi connectivity index (χ0n) is 13.6. The van der Waals surface area contributed by atoms with Gasteiger partial charge in [-0.2, -0.15) is 0 Å². The van der Waals surface area contributed by atoms with Crippen molar-refractivity contribution < 1.29 is 8.42 Å². The van der Waals surface area contributed by atoms with Gasteiger partial charge in [0.05, 0.1) is 9.79 Å². The number of benzene rings is 1. The molecule has 0 radical (unpaired) electrons. The molecule has 1 aromatic carbocycles. The highest BCUT2D eigenvalue weighted by Gasteiger charge is 2.22. The van der Waals surface area contributed by atoms with Crippen LogP contribution in [0.3, 0.4) is 0 Å². The molecule has 134 valence electrons. The maximum atomic E-state index is 12.8. The van der Waals surface area contributed by atoms with E-state index in [4.69, 9.17) is 0 Å². The van der Waals surface area contributed by atoms with Crippen LogP contribution < -0.4 is 0 Å². The average Bonchev–Trinajstić information content (AvgIpc) is 2.93. The minimum Gasteiger partial charge on any atom is -0.358 e. The first-order valence-electron chi connectivity index (χ1n) is 7.53. The van der Waals surface area contributed by atoms with Crippen LogP contribution in [0.15, 0.2) is 52.5 Å². The van der Waals surface area contributed by atoms with Crippen LogP contribution >= 0.6 is 24.8 Å². The lowest BCUT2D eigenvalue weighted by Gasteiger charge is -2.22. The Hall–Kier alpha value is -1.60. The molecule has 8 heteroatoms. The fraction of sp³-hybridized carbons (Fsp3) is 0.235. The highest BCUT2D eigenvalue weighted by Crippen LogP contribution is 2.30. The van der Waals surface area contributed by atoms with Gasteiger partial charge >= 0.3 is 0 Å². The molecule has 0 amide bonds. The van der Waals surface area contributed by atoms with E-state index in [2.05, 4.69) is 21.9 Å². The first-order valence-corrected chi connectivity index (χ1v) is 9.01. The molecule has 1 aliphatic heterocycles. The number of aromatic amines is 1. The van der Waals surface area contributed by atoms with Crippen molar-refractivity contribution in [3.8, 4) is 0 Å². The highest BCUT2D eigenvalue weighted by molar-refractivity contribution is 7.91. The maximum absolute atomic E-state index is 12.8. The fourth-order valence-corrected chi connectivity index (χ4v) is 4.42. The molecular formula is C17H19Cl2N3O2S. The predicted octanol–water partition coefficient (Wildman–Crippen LogP) is 3.23. The van der Waals surface area contributed by atoms with Crippen molar-refractivity contribution in [2.45, 2.75) is 22.8 Å². The van der Waals surface area contributed by atoms with E-state index < -0.39 is 9.84 Å². The Morgan fingerprint density at radius 3 is 2.52 bits per heavy atom. The van der Waals surface area contributed by atoms with Crippen molar-refractivity contribution in [1.29, 1.82) is 0 Å². The summed E-state index contributed by atoms with van der Waals surface area (Å²) >= 11 is 0. The Balaban J connectivity index is 0.00000113. The summed E-state index contributed by atoms with van der Waals surface area (Å²) in [5, 5.41) is 1.00. The van der Waals surface area contributed by atoms with Gasteiger partial charge in [0, 0.05) is 48.5 Å². The third kappa shape index (κ3) is 3.40. The second-order valence-corrected chi connectivity index (χ2v) is 7.91. The number of fused-ring (bicyclic) bond motifs is 3. The van der Waals surface area contributed by atoms with Crippen molar-refractivity contribution in [1.82, 2.24) is 14.9 Å². The number of sulfone groups is 1. The van der Waals surface area contributed by atoms with Gasteiger partial charge < -0.3 is 9.88 Å². The zero-order valence-corrected chi connectivity index (χ0v) is 16.0. The Labute approximate surface area is 159 Å². The topological polar surface area (TPSA) is 66.1 Å². The number of halogens is 2. The average molecular weight is 400 g/mol. The van der Waals surface area contributed by atoms with Gasteiger partial charge in [0.1, 0.15) is 0 Å². The molecule has 0 spiro atoms. The molecule has 5 nitrogen and oxygen atoms in total. The van der Waals surface area contributed by atoms with E-state index in [1.807, 2.05) is 6.07 Å². The van der Waals surface area contributed by atoms with Gasteiger partial charge in [-0.15, -0.1) is 24.8 Å². The molecular weight excluding hydrogens is 381 g/mol. The Bertz CT molecular complexity index is 988. The summed E-state index contributed by atoms with van der Waals surface area (Å²) in [6.07, 6.45) is 3.96. The maximum Gasteiger partial charge on any atom is 0.206 e. The van der Waals surface area contributed by atoms with E-state index in [1.165, 1.54) is 35.8 Å². The van der Waals surface area contributed by atoms with E-state index >= 15 is 0 Å². The smallest absolute Gasteiger partial charge is 0.206 e. The summed E-state index contributed by atoms with van der Waals surface area (Å²) in [6.45, 7) is 1.86. The number of hydrogen-bond donors (Lipinski definition) is 1. The standard InChI is InChI=1S/C17H17N3O2S.2ClH/c1-20-9-6-17-15(11-20)14-10-13(2-3-16(14)19-17)23(21,22)12-4-7-18-8-5-12;;/h2-5,7-8,10,19H,6,9,11H2,1H3;2*1H. The van der Waals surface area contributed by atoms with E-state index in [0.717, 1.165) is 30.4 Å². The number of aromatic nitrogens is 2. The SMILES string of the molecule is CN1CCc2[nH]c3ccc(S(=O)(=O)c4ccncc4)cc3c2C1.Cl.Cl. The monoisotopic (exact) mass is 399 g/mol. The first kappa shape index (κ1) is 19.7. The Kier molecular flexibility index (Phi) is 5.79. The van der Waals surface area contributed by atoms with Crippen molar-refractivity contribution in [3.63, 3.8) is 0 Å². The minimum atomic E-state index is -3.52. The first-order chi connectivity index (χ1) is 11.1. The largest absolute Gasteiger partial charge is 0.358 e. The Morgan fingerprint density at radius 1 is 1.08 bits per heavy atom. The minimum absolute atomic E-state index is 0. The molecule has 0 bridgehead atoms. The van der Waals surface area contributed by atoms with Crippen molar-refractivity contribution >= 4 is 45.6 Å². The molecule has 0 aliphatic carbocycles. The summed E-state index contributed by atoms with van der Waals surface area (Å²) in [5.41, 5.74) is 3.43. The summed E-state index contributed by atoms with van der Waals surface area (Å²) in [6, 6.07) is 8.38. The van der Waals surface area contributed by atoms with Crippen LogP contribution in [0.2, 0.25) is 0 Å². The molecule has 0 saturated carbocycles. The normalized spacial score (nSPS) is 14.4. The van der Waals surface area contributed by atoms with Crippen LogP contribution in [0.1, 0.15) is 11.3 Å². The zero-order chi connectivity index (χ0) is 16.0. The molecule has 0 saturated heterocycles. The number of hydrogen-bond acceptors (Lipinski definition) is 4. The number of pyridine rings is 1. The van der Waals surface area contributed by atoms with Crippen LogP contribution in [0.4, 0.5) is 0 Å². The number of H-pyrrole nitrogens is 1. The molecule has 2 aromatic heterocycles.